The Morgan fingerprint density at radius 3 is 1.63 bits per heavy atom. The van der Waals surface area contributed by atoms with Crippen molar-refractivity contribution in [2.45, 2.75) is 172 Å². The number of benzene rings is 1. The number of rotatable bonds is 38. The van der Waals surface area contributed by atoms with E-state index in [2.05, 4.69) is 47.5 Å². The van der Waals surface area contributed by atoms with Gasteiger partial charge in [0.05, 0.1) is 19.4 Å². The van der Waals surface area contributed by atoms with Gasteiger partial charge in [-0.3, -0.25) is 67.1 Å². The van der Waals surface area contributed by atoms with Gasteiger partial charge in [-0.25, -0.2) is 4.79 Å². The van der Waals surface area contributed by atoms with Crippen molar-refractivity contribution >= 4 is 99.8 Å². The van der Waals surface area contributed by atoms with E-state index in [0.29, 0.717) is 16.5 Å². The molecule has 480 valence electrons. The molecule has 19 N–H and O–H groups in total. The van der Waals surface area contributed by atoms with Crippen molar-refractivity contribution in [2.75, 3.05) is 13.2 Å². The number of H-pyrrole nitrogens is 1. The molecule has 1 saturated heterocycles. The number of nitrogens with two attached hydrogens (primary N) is 2. The summed E-state index contributed by atoms with van der Waals surface area (Å²) in [6.45, 7) is 5.46. The minimum absolute atomic E-state index is 0.0923. The number of fused-ring (bicyclic) bond motifs is 1. The summed E-state index contributed by atoms with van der Waals surface area (Å²) >= 11 is 0. The Balaban J connectivity index is 1.92. The molecule has 1 aromatic carbocycles. The van der Waals surface area contributed by atoms with Crippen molar-refractivity contribution in [3.63, 3.8) is 0 Å². The number of carboxylic acids is 5. The zero-order valence-electron chi connectivity index (χ0n) is 48.3. The highest BCUT2D eigenvalue weighted by Crippen LogP contribution is 2.23. The Morgan fingerprint density at radius 2 is 1.09 bits per heavy atom. The molecule has 33 nitrogen and oxygen atoms in total. The molecule has 2 aromatic rings. The number of carbonyl (C=O) groups excluding carboxylic acids is 10. The number of aromatic amines is 1. The molecule has 0 bridgehead atoms. The molecule has 0 saturated carbocycles. The number of likely N-dealkylation sites (tertiary alicyclic amines) is 1. The number of hydrogen-bond acceptors (Lipinski definition) is 17. The molecule has 10 amide bonds. The number of aliphatic hydroxyl groups excluding tert-OH is 1. The van der Waals surface area contributed by atoms with Gasteiger partial charge in [-0.15, -0.1) is 0 Å². The number of carboxylic acid groups (broad SMARTS) is 5. The maximum atomic E-state index is 14.4. The third-order valence-electron chi connectivity index (χ3n) is 14.1. The molecule has 87 heavy (non-hydrogen) atoms. The van der Waals surface area contributed by atoms with E-state index in [0.717, 1.165) is 4.90 Å². The lowest BCUT2D eigenvalue weighted by Gasteiger charge is -2.31. The quantitative estimate of drug-likeness (QED) is 0.0305. The number of aliphatic carboxylic acids is 5. The Kier molecular flexibility index (Phi) is 28.7. The van der Waals surface area contributed by atoms with Crippen LogP contribution in [0, 0.1) is 11.8 Å². The first-order valence-electron chi connectivity index (χ1n) is 27.9. The van der Waals surface area contributed by atoms with Crippen LogP contribution in [0.2, 0.25) is 0 Å². The number of nitrogens with zero attached hydrogens (tertiary/aromatic N) is 1. The highest BCUT2D eigenvalue weighted by atomic mass is 16.4. The van der Waals surface area contributed by atoms with Gasteiger partial charge in [0.2, 0.25) is 59.1 Å². The predicted molar refractivity (Wildman–Crippen MR) is 300 cm³/mol. The van der Waals surface area contributed by atoms with Crippen molar-refractivity contribution in [1.29, 1.82) is 0 Å². The van der Waals surface area contributed by atoms with Gasteiger partial charge in [0.15, 0.2) is 0 Å². The molecule has 2 heterocycles. The van der Waals surface area contributed by atoms with Crippen molar-refractivity contribution in [1.82, 2.24) is 52.4 Å². The first-order chi connectivity index (χ1) is 40.9. The normalized spacial score (nSPS) is 16.4. The van der Waals surface area contributed by atoms with Gasteiger partial charge in [-0.05, 0) is 62.0 Å². The summed E-state index contributed by atoms with van der Waals surface area (Å²) in [4.78, 5) is 200. The number of nitrogens with one attached hydrogen (secondary N) is 9. The third kappa shape index (κ3) is 23.3. The van der Waals surface area contributed by atoms with Crippen LogP contribution >= 0.6 is 0 Å². The fourth-order valence-corrected chi connectivity index (χ4v) is 9.26. The molecule has 0 spiro atoms. The Labute approximate surface area is 497 Å². The van der Waals surface area contributed by atoms with Crippen LogP contribution in [0.15, 0.2) is 30.5 Å². The third-order valence-corrected chi connectivity index (χ3v) is 14.1. The van der Waals surface area contributed by atoms with Crippen LogP contribution in [-0.4, -0.2) is 203 Å². The summed E-state index contributed by atoms with van der Waals surface area (Å²) in [5, 5.41) is 76.4. The maximum absolute atomic E-state index is 14.4. The second-order valence-corrected chi connectivity index (χ2v) is 21.4. The summed E-state index contributed by atoms with van der Waals surface area (Å²) in [6.07, 6.45) is -4.78. The van der Waals surface area contributed by atoms with Gasteiger partial charge >= 0.3 is 29.8 Å². The number of aliphatic hydroxyl groups is 1. The average molecular weight is 1230 g/mol. The predicted octanol–water partition coefficient (Wildman–Crippen LogP) is -3.98. The molecule has 1 fully saturated rings. The number of para-hydroxylation sites is 1. The van der Waals surface area contributed by atoms with Crippen molar-refractivity contribution in [3.8, 4) is 0 Å². The highest BCUT2D eigenvalue weighted by molar-refractivity contribution is 6.00. The molecule has 11 atom stereocenters. The van der Waals surface area contributed by atoms with Gasteiger partial charge in [0.1, 0.15) is 60.4 Å². The van der Waals surface area contributed by atoms with Crippen LogP contribution < -0.4 is 54.0 Å². The van der Waals surface area contributed by atoms with E-state index >= 15 is 0 Å². The van der Waals surface area contributed by atoms with Crippen LogP contribution in [0.1, 0.15) is 110 Å². The Bertz CT molecular complexity index is 2860. The second-order valence-electron chi connectivity index (χ2n) is 21.4. The van der Waals surface area contributed by atoms with Crippen LogP contribution in [-0.2, 0) is 78.3 Å². The Morgan fingerprint density at radius 1 is 0.598 bits per heavy atom. The zero-order valence-corrected chi connectivity index (χ0v) is 48.3. The van der Waals surface area contributed by atoms with Gasteiger partial charge in [0.25, 0.3) is 0 Å². The van der Waals surface area contributed by atoms with E-state index in [1.54, 1.807) is 51.2 Å². The highest BCUT2D eigenvalue weighted by Gasteiger charge is 2.41. The molecule has 0 radical (unpaired) electrons. The number of hydrogen-bond donors (Lipinski definition) is 17. The van der Waals surface area contributed by atoms with E-state index < -0.39 is 213 Å². The second kappa shape index (κ2) is 34.6. The van der Waals surface area contributed by atoms with Crippen molar-refractivity contribution in [2.24, 2.45) is 23.3 Å². The van der Waals surface area contributed by atoms with Gasteiger partial charge in [0, 0.05) is 49.3 Å². The zero-order chi connectivity index (χ0) is 65.4. The summed E-state index contributed by atoms with van der Waals surface area (Å²) < 4.78 is 0. The first kappa shape index (κ1) is 72.0. The lowest BCUT2D eigenvalue weighted by atomic mass is 9.96. The minimum atomic E-state index is -1.97. The lowest BCUT2D eigenvalue weighted by Crippen LogP contribution is -2.61. The van der Waals surface area contributed by atoms with Crippen LogP contribution in [0.3, 0.4) is 0 Å². The molecular formula is C54H78N12O21. The van der Waals surface area contributed by atoms with Crippen molar-refractivity contribution in [3.05, 3.63) is 36.0 Å². The van der Waals surface area contributed by atoms with E-state index in [4.69, 9.17) is 16.6 Å². The molecule has 1 aliphatic heterocycles. The van der Waals surface area contributed by atoms with Crippen LogP contribution in [0.4, 0.5) is 0 Å². The topological polar surface area (TPSA) is 545 Å². The van der Waals surface area contributed by atoms with E-state index in [-0.39, 0.29) is 44.6 Å². The van der Waals surface area contributed by atoms with Gasteiger partial charge in [-0.1, -0.05) is 52.3 Å². The number of amides is 10. The molecule has 0 aliphatic carbocycles. The summed E-state index contributed by atoms with van der Waals surface area (Å²) in [5.74, 6) is -19.8. The standard InChI is InChI=1S/C54H78N12O21/c1-5-26(4)44(52(84)63-34(19-25(2)3)48(80)64-37(54(86)87)22-43(75)76)65-50(82)36(21-39(56)68)62-47(79)31(12-15-40(69)70)58-46(78)32(13-16-41(71)72)59-51(83)38-11-8-18-66(38)53(85)33(14-17-42(73)74)60-49(81)35(61-45(77)29(55)24-67)20-27-23-57-30-10-7-6-9-28(27)30/h6-7,9-10,23,25-26,29,31-38,44,57,67H,5,8,11-22,24,55H2,1-4H3,(H2,56,68)(H,58,78)(H,59,83)(H,60,81)(H,61,77)(H,62,79)(H,63,84)(H,64,80)(H,65,82)(H,69,70)(H,71,72)(H,73,74)(H,75,76)(H,86,87)/t26-,29-,31-,32-,33-,34-,35-,36-,37-,38-,44-/m0/s1. The van der Waals surface area contributed by atoms with Crippen LogP contribution in [0.5, 0.6) is 0 Å². The fourth-order valence-electron chi connectivity index (χ4n) is 9.26. The molecule has 0 unspecified atom stereocenters. The van der Waals surface area contributed by atoms with E-state index in [1.807, 2.05) is 0 Å². The molecule has 33 heteroatoms. The Hall–Kier alpha value is -9.27. The molecule has 1 aromatic heterocycles. The van der Waals surface area contributed by atoms with Gasteiger partial charge in [-0.2, -0.15) is 0 Å². The molecular weight excluding hydrogens is 1150 g/mol. The monoisotopic (exact) mass is 1230 g/mol. The lowest BCUT2D eigenvalue weighted by molar-refractivity contribution is -0.147. The summed E-state index contributed by atoms with van der Waals surface area (Å²) in [6, 6.07) is -9.79. The number of primary amides is 1. The van der Waals surface area contributed by atoms with E-state index in [9.17, 15) is 97.5 Å². The van der Waals surface area contributed by atoms with Gasteiger partial charge < -0.3 is 94.5 Å². The summed E-state index contributed by atoms with van der Waals surface area (Å²) in [7, 11) is 0. The first-order valence-corrected chi connectivity index (χ1v) is 27.9. The fraction of sp³-hybridized carbons (Fsp3) is 0.574. The molecule has 1 aliphatic rings. The summed E-state index contributed by atoms with van der Waals surface area (Å²) in [5.41, 5.74) is 12.4. The number of carbonyl (C=O) groups is 15. The molecule has 3 rings (SSSR count). The SMILES string of the molecule is CC[C@H](C)[C@H](NC(=O)[C@H](CC(N)=O)NC(=O)[C@H](CCC(=O)O)NC(=O)[C@H](CCC(=O)O)NC(=O)[C@@H]1CCCN1C(=O)[C@H](CCC(=O)O)NC(=O)[C@H](Cc1c[nH]c2ccccc12)NC(=O)[C@@H](N)CO)C(=O)N[C@@H](CC(C)C)C(=O)N[C@@H](CC(=O)O)C(=O)O. The minimum Gasteiger partial charge on any atom is -0.481 e. The van der Waals surface area contributed by atoms with E-state index in [1.165, 1.54) is 6.92 Å². The largest absolute Gasteiger partial charge is 0.481 e. The average Bonchev–Trinajstić information content (AvgIpc) is 4.08. The van der Waals surface area contributed by atoms with Crippen molar-refractivity contribution < 1.29 is 103 Å². The maximum Gasteiger partial charge on any atom is 0.326 e. The smallest absolute Gasteiger partial charge is 0.326 e. The van der Waals surface area contributed by atoms with Crippen LogP contribution in [0.25, 0.3) is 10.9 Å². The number of aromatic nitrogens is 1.